The van der Waals surface area contributed by atoms with Crippen LogP contribution in [0.25, 0.3) is 0 Å². The number of aliphatic imine (C=N–C) groups is 1. The highest BCUT2D eigenvalue weighted by Gasteiger charge is 2.12. The molecule has 0 saturated carbocycles. The SMILES string of the molecule is CC(Cc1ccccc1)=NC(c1ccccc1)c1ccccc1. The minimum absolute atomic E-state index is 0.0566. The lowest BCUT2D eigenvalue weighted by Gasteiger charge is -2.15. The van der Waals surface area contributed by atoms with E-state index in [2.05, 4.69) is 79.7 Å². The minimum atomic E-state index is 0.0566. The molecule has 0 aliphatic heterocycles. The summed E-state index contributed by atoms with van der Waals surface area (Å²) in [6.07, 6.45) is 0.886. The van der Waals surface area contributed by atoms with E-state index in [1.807, 2.05) is 18.2 Å². The molecule has 0 aliphatic carbocycles. The van der Waals surface area contributed by atoms with Crippen molar-refractivity contribution in [2.75, 3.05) is 0 Å². The Balaban J connectivity index is 1.91. The van der Waals surface area contributed by atoms with Crippen LogP contribution in [0, 0.1) is 0 Å². The van der Waals surface area contributed by atoms with Crippen LogP contribution in [0.5, 0.6) is 0 Å². The van der Waals surface area contributed by atoms with Crippen molar-refractivity contribution in [3.8, 4) is 0 Å². The molecule has 23 heavy (non-hydrogen) atoms. The molecular formula is C22H21N. The second-order valence-electron chi connectivity index (χ2n) is 5.75. The molecule has 0 atom stereocenters. The number of nitrogens with zero attached hydrogens (tertiary/aromatic N) is 1. The van der Waals surface area contributed by atoms with E-state index in [0.717, 1.165) is 12.1 Å². The van der Waals surface area contributed by atoms with Crippen LogP contribution in [0.2, 0.25) is 0 Å². The van der Waals surface area contributed by atoms with Gasteiger partial charge in [-0.2, -0.15) is 0 Å². The predicted octanol–water partition coefficient (Wildman–Crippen LogP) is 5.48. The first-order valence-corrected chi connectivity index (χ1v) is 8.00. The van der Waals surface area contributed by atoms with Gasteiger partial charge in [-0.1, -0.05) is 91.0 Å². The van der Waals surface area contributed by atoms with Gasteiger partial charge in [0.05, 0.1) is 6.04 Å². The summed E-state index contributed by atoms with van der Waals surface area (Å²) in [5.74, 6) is 0. The maximum atomic E-state index is 5.03. The van der Waals surface area contributed by atoms with E-state index < -0.39 is 0 Å². The van der Waals surface area contributed by atoms with Crippen molar-refractivity contribution < 1.29 is 0 Å². The molecule has 0 bridgehead atoms. The first-order valence-electron chi connectivity index (χ1n) is 8.00. The van der Waals surface area contributed by atoms with Gasteiger partial charge in [0.1, 0.15) is 0 Å². The van der Waals surface area contributed by atoms with Gasteiger partial charge in [-0.15, -0.1) is 0 Å². The average molecular weight is 299 g/mol. The fraction of sp³-hybridized carbons (Fsp3) is 0.136. The molecule has 1 heteroatoms. The summed E-state index contributed by atoms with van der Waals surface area (Å²) in [4.78, 5) is 5.03. The van der Waals surface area contributed by atoms with Crippen molar-refractivity contribution in [3.05, 3.63) is 108 Å². The Labute approximate surface area is 138 Å². The van der Waals surface area contributed by atoms with E-state index in [0.29, 0.717) is 0 Å². The van der Waals surface area contributed by atoms with Gasteiger partial charge in [-0.05, 0) is 23.6 Å². The van der Waals surface area contributed by atoms with Crippen molar-refractivity contribution in [3.63, 3.8) is 0 Å². The zero-order chi connectivity index (χ0) is 15.9. The van der Waals surface area contributed by atoms with E-state index in [1.54, 1.807) is 0 Å². The van der Waals surface area contributed by atoms with E-state index in [4.69, 9.17) is 4.99 Å². The average Bonchev–Trinajstić information content (AvgIpc) is 2.62. The van der Waals surface area contributed by atoms with Crippen LogP contribution in [0.15, 0.2) is 96.0 Å². The largest absolute Gasteiger partial charge is 0.281 e. The van der Waals surface area contributed by atoms with Crippen LogP contribution in [0.1, 0.15) is 29.7 Å². The summed E-state index contributed by atoms with van der Waals surface area (Å²) in [7, 11) is 0. The van der Waals surface area contributed by atoms with Gasteiger partial charge in [0.25, 0.3) is 0 Å². The molecule has 114 valence electrons. The summed E-state index contributed by atoms with van der Waals surface area (Å²) in [6.45, 7) is 2.12. The lowest BCUT2D eigenvalue weighted by Crippen LogP contribution is -2.04. The Kier molecular flexibility index (Phi) is 5.00. The van der Waals surface area contributed by atoms with E-state index in [1.165, 1.54) is 16.7 Å². The Bertz CT molecular complexity index is 706. The quantitative estimate of drug-likeness (QED) is 0.553. The topological polar surface area (TPSA) is 12.4 Å². The van der Waals surface area contributed by atoms with Crippen LogP contribution in [0.3, 0.4) is 0 Å². The molecule has 0 radical (unpaired) electrons. The van der Waals surface area contributed by atoms with Gasteiger partial charge in [-0.25, -0.2) is 0 Å². The molecule has 1 nitrogen and oxygen atoms in total. The number of benzene rings is 3. The lowest BCUT2D eigenvalue weighted by atomic mass is 9.99. The van der Waals surface area contributed by atoms with Gasteiger partial charge in [0.15, 0.2) is 0 Å². The Hall–Kier alpha value is -2.67. The highest BCUT2D eigenvalue weighted by Crippen LogP contribution is 2.26. The fourth-order valence-corrected chi connectivity index (χ4v) is 2.77. The Morgan fingerprint density at radius 2 is 1.13 bits per heavy atom. The summed E-state index contributed by atoms with van der Waals surface area (Å²) in [6, 6.07) is 31.6. The molecular weight excluding hydrogens is 278 g/mol. The molecule has 0 amide bonds. The van der Waals surface area contributed by atoms with Crippen LogP contribution < -0.4 is 0 Å². The zero-order valence-corrected chi connectivity index (χ0v) is 13.4. The Morgan fingerprint density at radius 3 is 1.61 bits per heavy atom. The normalized spacial score (nSPS) is 11.7. The molecule has 3 rings (SSSR count). The molecule has 0 N–H and O–H groups in total. The van der Waals surface area contributed by atoms with Crippen molar-refractivity contribution in [1.82, 2.24) is 0 Å². The number of hydrogen-bond acceptors (Lipinski definition) is 1. The second kappa shape index (κ2) is 7.55. The van der Waals surface area contributed by atoms with Gasteiger partial charge in [0, 0.05) is 12.1 Å². The predicted molar refractivity (Wildman–Crippen MR) is 98.0 cm³/mol. The fourth-order valence-electron chi connectivity index (χ4n) is 2.77. The Morgan fingerprint density at radius 1 is 0.696 bits per heavy atom. The molecule has 0 heterocycles. The van der Waals surface area contributed by atoms with E-state index >= 15 is 0 Å². The van der Waals surface area contributed by atoms with Crippen molar-refractivity contribution in [2.45, 2.75) is 19.4 Å². The monoisotopic (exact) mass is 299 g/mol. The molecule has 0 unspecified atom stereocenters. The molecule has 0 fully saturated rings. The van der Waals surface area contributed by atoms with Crippen LogP contribution in [-0.2, 0) is 6.42 Å². The number of rotatable bonds is 5. The first-order chi connectivity index (χ1) is 11.3. The van der Waals surface area contributed by atoms with Crippen LogP contribution in [-0.4, -0.2) is 5.71 Å². The summed E-state index contributed by atoms with van der Waals surface area (Å²) >= 11 is 0. The van der Waals surface area contributed by atoms with Crippen LogP contribution in [0.4, 0.5) is 0 Å². The van der Waals surface area contributed by atoms with E-state index in [9.17, 15) is 0 Å². The molecule has 0 aromatic heterocycles. The third-order valence-corrected chi connectivity index (χ3v) is 3.88. The van der Waals surface area contributed by atoms with Crippen molar-refractivity contribution in [2.24, 2.45) is 4.99 Å². The molecule has 0 saturated heterocycles. The molecule has 0 spiro atoms. The second-order valence-corrected chi connectivity index (χ2v) is 5.75. The molecule has 3 aromatic carbocycles. The summed E-state index contributed by atoms with van der Waals surface area (Å²) < 4.78 is 0. The third kappa shape index (κ3) is 4.17. The van der Waals surface area contributed by atoms with Gasteiger partial charge >= 0.3 is 0 Å². The number of hydrogen-bond donors (Lipinski definition) is 0. The van der Waals surface area contributed by atoms with Gasteiger partial charge in [0.2, 0.25) is 0 Å². The van der Waals surface area contributed by atoms with Crippen molar-refractivity contribution in [1.29, 1.82) is 0 Å². The van der Waals surface area contributed by atoms with E-state index in [-0.39, 0.29) is 6.04 Å². The third-order valence-electron chi connectivity index (χ3n) is 3.88. The van der Waals surface area contributed by atoms with Gasteiger partial charge in [-0.3, -0.25) is 4.99 Å². The molecule has 0 aliphatic rings. The zero-order valence-electron chi connectivity index (χ0n) is 13.4. The highest BCUT2D eigenvalue weighted by atomic mass is 14.8. The highest BCUT2D eigenvalue weighted by molar-refractivity contribution is 5.84. The summed E-state index contributed by atoms with van der Waals surface area (Å²) in [5.41, 5.74) is 4.90. The minimum Gasteiger partial charge on any atom is -0.281 e. The maximum absolute atomic E-state index is 5.03. The smallest absolute Gasteiger partial charge is 0.0998 e. The van der Waals surface area contributed by atoms with Crippen LogP contribution >= 0.6 is 0 Å². The van der Waals surface area contributed by atoms with Crippen molar-refractivity contribution >= 4 is 5.71 Å². The maximum Gasteiger partial charge on any atom is 0.0998 e. The summed E-state index contributed by atoms with van der Waals surface area (Å²) in [5, 5.41) is 0. The molecule has 3 aromatic rings. The first kappa shape index (κ1) is 15.2. The van der Waals surface area contributed by atoms with Gasteiger partial charge < -0.3 is 0 Å². The standard InChI is InChI=1S/C22H21N/c1-18(17-19-11-5-2-6-12-19)23-22(20-13-7-3-8-14-20)21-15-9-4-10-16-21/h2-16,22H,17H2,1H3. The lowest BCUT2D eigenvalue weighted by molar-refractivity contribution is 0.866.